The molecule has 0 atom stereocenters. The Kier molecular flexibility index (Phi) is 16.0. The molecule has 2 nitrogen and oxygen atoms in total. The minimum atomic E-state index is 0. The van der Waals surface area contributed by atoms with Crippen molar-refractivity contribution in [2.24, 2.45) is 10.2 Å². The quantitative estimate of drug-likeness (QED) is 0.281. The molecule has 1 radical (unpaired) electrons. The van der Waals surface area contributed by atoms with Crippen molar-refractivity contribution >= 4 is 13.4 Å². The second-order valence-electron chi connectivity index (χ2n) is 0.231. The van der Waals surface area contributed by atoms with E-state index in [1.807, 2.05) is 0 Å². The molecule has 25 valence electrons. The zero-order chi connectivity index (χ0) is 3.41. The molecular weight excluding hydrogens is 141 g/mol. The molecule has 0 aliphatic heterocycles. The molecular formula is C2H2N2Y-2. The van der Waals surface area contributed by atoms with Gasteiger partial charge in [0.2, 0.25) is 0 Å². The van der Waals surface area contributed by atoms with Gasteiger partial charge in [0.15, 0.2) is 0 Å². The van der Waals surface area contributed by atoms with Crippen molar-refractivity contribution in [3.05, 3.63) is 0 Å². The first-order chi connectivity index (χ1) is 1.91. The van der Waals surface area contributed by atoms with Gasteiger partial charge in [-0.3, -0.25) is 0 Å². The molecule has 0 aliphatic rings. The van der Waals surface area contributed by atoms with Crippen LogP contribution in [0.5, 0.6) is 0 Å². The number of hydrogen-bond acceptors (Lipinski definition) is 2. The van der Waals surface area contributed by atoms with E-state index in [0.29, 0.717) is 0 Å². The maximum atomic E-state index is 4.36. The van der Waals surface area contributed by atoms with Gasteiger partial charge in [-0.1, -0.05) is 0 Å². The molecule has 0 heterocycles. The zero-order valence-electron chi connectivity index (χ0n) is 2.63. The standard InChI is InChI=1S/C2H2N2.Y/c1-3-4-2;/h1-2H;/q-2;. The van der Waals surface area contributed by atoms with Gasteiger partial charge in [-0.2, -0.15) is 0 Å². The summed E-state index contributed by atoms with van der Waals surface area (Å²) in [5.74, 6) is 0. The largest absolute Gasteiger partial charge is 0.417 e. The van der Waals surface area contributed by atoms with E-state index in [1.54, 1.807) is 0 Å². The van der Waals surface area contributed by atoms with Gasteiger partial charge in [-0.25, -0.2) is 0 Å². The van der Waals surface area contributed by atoms with E-state index in [2.05, 4.69) is 23.6 Å². The average Bonchev–Trinajstić information content (AvgIpc) is 1.37. The van der Waals surface area contributed by atoms with Crippen LogP contribution in [0.2, 0.25) is 0 Å². The van der Waals surface area contributed by atoms with Crippen molar-refractivity contribution in [1.82, 2.24) is 0 Å². The SMILES string of the molecule is [CH-]=NN=[CH-].[Y]. The van der Waals surface area contributed by atoms with Crippen molar-refractivity contribution in [1.29, 1.82) is 0 Å². The van der Waals surface area contributed by atoms with Gasteiger partial charge >= 0.3 is 0 Å². The molecule has 0 N–H and O–H groups in total. The first-order valence-corrected chi connectivity index (χ1v) is 0.716. The van der Waals surface area contributed by atoms with Gasteiger partial charge < -0.3 is 23.6 Å². The van der Waals surface area contributed by atoms with E-state index in [9.17, 15) is 0 Å². The van der Waals surface area contributed by atoms with Crippen molar-refractivity contribution in [2.75, 3.05) is 0 Å². The Balaban J connectivity index is 0. The Labute approximate surface area is 56.2 Å². The monoisotopic (exact) mass is 143 g/mol. The second-order valence-corrected chi connectivity index (χ2v) is 0.231. The minimum Gasteiger partial charge on any atom is -0.417 e. The molecule has 0 rings (SSSR count). The normalized spacial score (nSPS) is 4.00. The Hall–Kier alpha value is 0.444. The molecule has 3 heteroatoms. The molecule has 0 aliphatic carbocycles. The summed E-state index contributed by atoms with van der Waals surface area (Å²) >= 11 is 0. The Morgan fingerprint density at radius 2 is 1.20 bits per heavy atom. The molecule has 0 fully saturated rings. The van der Waals surface area contributed by atoms with Gasteiger partial charge in [-0.15, -0.1) is 0 Å². The van der Waals surface area contributed by atoms with Gasteiger partial charge in [0.1, 0.15) is 0 Å². The smallest absolute Gasteiger partial charge is 0 e. The predicted octanol–water partition coefficient (Wildman–Crippen LogP) is 0.0541. The fourth-order valence-corrected chi connectivity index (χ4v) is 0. The van der Waals surface area contributed by atoms with E-state index in [1.165, 1.54) is 0 Å². The summed E-state index contributed by atoms with van der Waals surface area (Å²) in [5.41, 5.74) is 0. The predicted molar refractivity (Wildman–Crippen MR) is 17.0 cm³/mol. The third kappa shape index (κ3) is 12.7. The van der Waals surface area contributed by atoms with E-state index in [4.69, 9.17) is 0 Å². The van der Waals surface area contributed by atoms with Crippen LogP contribution >= 0.6 is 0 Å². The van der Waals surface area contributed by atoms with Crippen molar-refractivity contribution in [3.63, 3.8) is 0 Å². The molecule has 5 heavy (non-hydrogen) atoms. The third-order valence-corrected chi connectivity index (χ3v) is 0.0667. The summed E-state index contributed by atoms with van der Waals surface area (Å²) in [6.45, 7) is 8.72. The van der Waals surface area contributed by atoms with Crippen molar-refractivity contribution in [3.8, 4) is 0 Å². The summed E-state index contributed by atoms with van der Waals surface area (Å²) in [7, 11) is 0. The number of rotatable bonds is 1. The molecule has 0 amide bonds. The van der Waals surface area contributed by atoms with Crippen LogP contribution in [0.3, 0.4) is 0 Å². The van der Waals surface area contributed by atoms with Crippen LogP contribution in [-0.4, -0.2) is 13.4 Å². The first kappa shape index (κ1) is 9.06. The summed E-state index contributed by atoms with van der Waals surface area (Å²) < 4.78 is 0. The van der Waals surface area contributed by atoms with Crippen molar-refractivity contribution in [2.45, 2.75) is 0 Å². The summed E-state index contributed by atoms with van der Waals surface area (Å²) in [6.07, 6.45) is 0. The molecule has 0 aromatic rings. The van der Waals surface area contributed by atoms with Crippen LogP contribution in [0.15, 0.2) is 10.2 Å². The van der Waals surface area contributed by atoms with Crippen LogP contribution in [0.25, 0.3) is 0 Å². The Morgan fingerprint density at radius 1 is 1.00 bits per heavy atom. The average molecular weight is 143 g/mol. The maximum Gasteiger partial charge on any atom is 0 e. The molecule has 0 unspecified atom stereocenters. The third-order valence-electron chi connectivity index (χ3n) is 0.0667. The van der Waals surface area contributed by atoms with E-state index < -0.39 is 0 Å². The van der Waals surface area contributed by atoms with E-state index in [-0.39, 0.29) is 32.7 Å². The van der Waals surface area contributed by atoms with Crippen LogP contribution in [0.4, 0.5) is 0 Å². The molecule has 0 aromatic carbocycles. The summed E-state index contributed by atoms with van der Waals surface area (Å²) in [6, 6.07) is 0. The van der Waals surface area contributed by atoms with Crippen LogP contribution in [-0.2, 0) is 32.7 Å². The van der Waals surface area contributed by atoms with Crippen LogP contribution in [0, 0.1) is 0 Å². The van der Waals surface area contributed by atoms with Gasteiger partial charge in [0.05, 0.1) is 0 Å². The van der Waals surface area contributed by atoms with Crippen LogP contribution < -0.4 is 0 Å². The van der Waals surface area contributed by atoms with E-state index in [0.717, 1.165) is 0 Å². The topological polar surface area (TPSA) is 24.7 Å². The maximum absolute atomic E-state index is 4.36. The second kappa shape index (κ2) is 8.82. The van der Waals surface area contributed by atoms with Crippen molar-refractivity contribution < 1.29 is 32.7 Å². The number of hydrogen-bond donors (Lipinski definition) is 0. The fraction of sp³-hybridized carbons (Fsp3) is 0. The Morgan fingerprint density at radius 3 is 1.20 bits per heavy atom. The zero-order valence-corrected chi connectivity index (χ0v) is 5.46. The number of nitrogens with zero attached hydrogens (tertiary/aromatic N) is 2. The fourth-order valence-electron chi connectivity index (χ4n) is 0. The van der Waals surface area contributed by atoms with Gasteiger partial charge in [0, 0.05) is 32.7 Å². The molecule has 0 saturated heterocycles. The van der Waals surface area contributed by atoms with Gasteiger partial charge in [0.25, 0.3) is 0 Å². The Bertz CT molecular complexity index is 28.6. The van der Waals surface area contributed by atoms with E-state index >= 15 is 0 Å². The molecule has 0 bridgehead atoms. The molecule has 0 spiro atoms. The molecule has 0 saturated carbocycles. The van der Waals surface area contributed by atoms with Crippen LogP contribution in [0.1, 0.15) is 0 Å². The minimum absolute atomic E-state index is 0. The summed E-state index contributed by atoms with van der Waals surface area (Å²) in [5, 5.41) is 5.28. The van der Waals surface area contributed by atoms with Gasteiger partial charge in [-0.05, 0) is 0 Å². The summed E-state index contributed by atoms with van der Waals surface area (Å²) in [4.78, 5) is 0. The first-order valence-electron chi connectivity index (χ1n) is 0.716. The molecule has 0 aromatic heterocycles.